The van der Waals surface area contributed by atoms with Crippen LogP contribution in [0.3, 0.4) is 0 Å². The second kappa shape index (κ2) is 4.54. The average Bonchev–Trinajstić information content (AvgIpc) is 3.32. The molecule has 5 rings (SSSR count). The van der Waals surface area contributed by atoms with E-state index in [9.17, 15) is 0 Å². The second-order valence-corrected chi connectivity index (χ2v) is 5.45. The van der Waals surface area contributed by atoms with Gasteiger partial charge in [-0.25, -0.2) is 9.97 Å². The van der Waals surface area contributed by atoms with Gasteiger partial charge in [0.1, 0.15) is 5.82 Å². The van der Waals surface area contributed by atoms with E-state index in [2.05, 4.69) is 42.3 Å². The van der Waals surface area contributed by atoms with Crippen molar-refractivity contribution in [2.45, 2.75) is 0 Å². The van der Waals surface area contributed by atoms with Crippen molar-refractivity contribution in [3.63, 3.8) is 0 Å². The normalized spacial score (nSPS) is 11.5. The number of rotatable bonds is 2. The van der Waals surface area contributed by atoms with Crippen LogP contribution in [0.5, 0.6) is 0 Å². The number of nitrogens with one attached hydrogen (secondary N) is 3. The van der Waals surface area contributed by atoms with E-state index in [1.807, 2.05) is 36.7 Å². The van der Waals surface area contributed by atoms with Crippen molar-refractivity contribution in [3.05, 3.63) is 55.1 Å². The lowest BCUT2D eigenvalue weighted by Gasteiger charge is -1.99. The molecule has 0 fully saturated rings. The van der Waals surface area contributed by atoms with Crippen molar-refractivity contribution in [2.24, 2.45) is 0 Å². The van der Waals surface area contributed by atoms with Crippen LogP contribution in [0.4, 0.5) is 0 Å². The number of imidazole rings is 2. The van der Waals surface area contributed by atoms with Crippen LogP contribution in [0.1, 0.15) is 0 Å². The van der Waals surface area contributed by atoms with E-state index in [1.54, 1.807) is 6.33 Å². The first-order valence-corrected chi connectivity index (χ1v) is 7.29. The average molecular weight is 300 g/mol. The van der Waals surface area contributed by atoms with Gasteiger partial charge in [-0.1, -0.05) is 12.1 Å². The molecule has 110 valence electrons. The summed E-state index contributed by atoms with van der Waals surface area (Å²) in [5.41, 5.74) is 6.03. The fraction of sp³-hybridized carbons (Fsp3) is 0. The number of hydrogen-bond acceptors (Lipinski definition) is 3. The monoisotopic (exact) mass is 300 g/mol. The van der Waals surface area contributed by atoms with Gasteiger partial charge in [-0.05, 0) is 24.3 Å². The van der Waals surface area contributed by atoms with Gasteiger partial charge in [0.15, 0.2) is 0 Å². The first-order chi connectivity index (χ1) is 11.4. The highest BCUT2D eigenvalue weighted by molar-refractivity contribution is 5.84. The van der Waals surface area contributed by atoms with Crippen LogP contribution in [0, 0.1) is 0 Å². The molecule has 0 radical (unpaired) electrons. The van der Waals surface area contributed by atoms with Crippen molar-refractivity contribution in [1.82, 2.24) is 30.1 Å². The minimum absolute atomic E-state index is 0.834. The summed E-state index contributed by atoms with van der Waals surface area (Å²) < 4.78 is 0. The van der Waals surface area contributed by atoms with Gasteiger partial charge >= 0.3 is 0 Å². The molecule has 6 nitrogen and oxygen atoms in total. The minimum atomic E-state index is 0.834. The van der Waals surface area contributed by atoms with E-state index < -0.39 is 0 Å². The molecule has 0 spiro atoms. The highest BCUT2D eigenvalue weighted by atomic mass is 15.1. The summed E-state index contributed by atoms with van der Waals surface area (Å²) in [6.45, 7) is 0. The molecule has 3 N–H and O–H groups in total. The summed E-state index contributed by atoms with van der Waals surface area (Å²) in [6.07, 6.45) is 5.36. The predicted molar refractivity (Wildman–Crippen MR) is 88.8 cm³/mol. The van der Waals surface area contributed by atoms with Crippen molar-refractivity contribution < 1.29 is 0 Å². The third-order valence-electron chi connectivity index (χ3n) is 4.02. The molecule has 5 aromatic rings. The topological polar surface area (TPSA) is 86.0 Å². The Hall–Kier alpha value is -3.41. The molecule has 0 saturated carbocycles. The molecule has 0 amide bonds. The zero-order chi connectivity index (χ0) is 15.2. The van der Waals surface area contributed by atoms with Crippen LogP contribution in [0.2, 0.25) is 0 Å². The van der Waals surface area contributed by atoms with Gasteiger partial charge in [0.05, 0.1) is 41.0 Å². The maximum atomic E-state index is 4.51. The van der Waals surface area contributed by atoms with Gasteiger partial charge in [-0.15, -0.1) is 0 Å². The zero-order valence-corrected chi connectivity index (χ0v) is 12.0. The van der Waals surface area contributed by atoms with Crippen molar-refractivity contribution >= 4 is 21.9 Å². The van der Waals surface area contributed by atoms with Crippen LogP contribution in [0.25, 0.3) is 44.6 Å². The van der Waals surface area contributed by atoms with Gasteiger partial charge in [0, 0.05) is 16.5 Å². The number of aromatic amines is 3. The summed E-state index contributed by atoms with van der Waals surface area (Å²) in [6, 6.07) is 12.2. The molecule has 0 saturated heterocycles. The van der Waals surface area contributed by atoms with Crippen molar-refractivity contribution in [3.8, 4) is 22.6 Å². The lowest BCUT2D eigenvalue weighted by Crippen LogP contribution is -1.82. The highest BCUT2D eigenvalue weighted by Crippen LogP contribution is 2.26. The van der Waals surface area contributed by atoms with Gasteiger partial charge in [-0.3, -0.25) is 5.10 Å². The Kier molecular flexibility index (Phi) is 2.40. The number of benzene rings is 2. The molecule has 6 heteroatoms. The Balaban J connectivity index is 1.58. The van der Waals surface area contributed by atoms with Crippen LogP contribution < -0.4 is 0 Å². The van der Waals surface area contributed by atoms with E-state index in [4.69, 9.17) is 0 Å². The fourth-order valence-corrected chi connectivity index (χ4v) is 2.80. The number of H-pyrrole nitrogens is 3. The Bertz CT molecular complexity index is 1040. The van der Waals surface area contributed by atoms with Gasteiger partial charge in [0.2, 0.25) is 0 Å². The lowest BCUT2D eigenvalue weighted by molar-refractivity contribution is 1.12. The molecule has 0 atom stereocenters. The Morgan fingerprint density at radius 2 is 1.74 bits per heavy atom. The highest BCUT2D eigenvalue weighted by Gasteiger charge is 2.08. The van der Waals surface area contributed by atoms with E-state index in [-0.39, 0.29) is 0 Å². The Morgan fingerprint density at radius 3 is 2.74 bits per heavy atom. The smallest absolute Gasteiger partial charge is 0.137 e. The molecule has 0 bridgehead atoms. The largest absolute Gasteiger partial charge is 0.345 e. The van der Waals surface area contributed by atoms with E-state index in [0.29, 0.717) is 0 Å². The summed E-state index contributed by atoms with van der Waals surface area (Å²) in [5.74, 6) is 0.834. The summed E-state index contributed by atoms with van der Waals surface area (Å²) in [7, 11) is 0. The van der Waals surface area contributed by atoms with E-state index in [0.717, 1.165) is 44.6 Å². The second-order valence-electron chi connectivity index (χ2n) is 5.45. The van der Waals surface area contributed by atoms with Crippen LogP contribution in [-0.4, -0.2) is 30.1 Å². The number of nitrogens with zero attached hydrogens (tertiary/aromatic N) is 3. The van der Waals surface area contributed by atoms with Crippen LogP contribution in [0.15, 0.2) is 55.1 Å². The maximum absolute atomic E-state index is 4.51. The van der Waals surface area contributed by atoms with Crippen molar-refractivity contribution in [2.75, 3.05) is 0 Å². The van der Waals surface area contributed by atoms with Gasteiger partial charge in [-0.2, -0.15) is 5.10 Å². The molecule has 23 heavy (non-hydrogen) atoms. The number of hydrogen-bond donors (Lipinski definition) is 3. The van der Waals surface area contributed by atoms with Crippen LogP contribution >= 0.6 is 0 Å². The van der Waals surface area contributed by atoms with Crippen molar-refractivity contribution in [1.29, 1.82) is 0 Å². The van der Waals surface area contributed by atoms with Gasteiger partial charge < -0.3 is 9.97 Å². The first kappa shape index (κ1) is 12.2. The molecule has 2 aromatic carbocycles. The summed E-state index contributed by atoms with van der Waals surface area (Å²) >= 11 is 0. The molecule has 0 unspecified atom stereocenters. The fourth-order valence-electron chi connectivity index (χ4n) is 2.80. The Morgan fingerprint density at radius 1 is 0.826 bits per heavy atom. The van der Waals surface area contributed by atoms with Gasteiger partial charge in [0.25, 0.3) is 0 Å². The molecular formula is C17H12N6. The standard InChI is InChI=1S/C17H12N6/c1-2-12-7-21-23-14(12)5-10(1)16-8-18-17(22-16)11-3-4-13-15(6-11)20-9-19-13/h1-9H,(H,18,22)(H,19,20)(H,21,23). The third-order valence-corrected chi connectivity index (χ3v) is 4.02. The molecule has 0 aliphatic heterocycles. The molecule has 0 aliphatic carbocycles. The SMILES string of the molecule is c1nc2ccc(-c3ncc(-c4ccc5cn[nH]c5c4)[nH]3)cc2[nH]1. The lowest BCUT2D eigenvalue weighted by atomic mass is 10.1. The Labute approximate surface area is 130 Å². The molecular weight excluding hydrogens is 288 g/mol. The quantitative estimate of drug-likeness (QED) is 0.466. The summed E-state index contributed by atoms with van der Waals surface area (Å²) in [4.78, 5) is 15.2. The third kappa shape index (κ3) is 1.92. The molecule has 3 aromatic heterocycles. The predicted octanol–water partition coefficient (Wildman–Crippen LogP) is 3.50. The minimum Gasteiger partial charge on any atom is -0.345 e. The van der Waals surface area contributed by atoms with E-state index in [1.165, 1.54) is 0 Å². The summed E-state index contributed by atoms with van der Waals surface area (Å²) in [5, 5.41) is 8.14. The number of fused-ring (bicyclic) bond motifs is 2. The maximum Gasteiger partial charge on any atom is 0.137 e. The zero-order valence-electron chi connectivity index (χ0n) is 12.0. The van der Waals surface area contributed by atoms with Crippen LogP contribution in [-0.2, 0) is 0 Å². The van der Waals surface area contributed by atoms with E-state index >= 15 is 0 Å². The molecule has 3 heterocycles. The number of aromatic nitrogens is 6. The molecule has 0 aliphatic rings. The first-order valence-electron chi connectivity index (χ1n) is 7.29.